The lowest BCUT2D eigenvalue weighted by Gasteiger charge is -2.30. The van der Waals surface area contributed by atoms with E-state index in [1.165, 1.54) is 16.3 Å². The van der Waals surface area contributed by atoms with E-state index >= 15 is 0 Å². The molecule has 18 heavy (non-hydrogen) atoms. The van der Waals surface area contributed by atoms with Crippen molar-refractivity contribution in [2.45, 2.75) is 20.4 Å². The van der Waals surface area contributed by atoms with Gasteiger partial charge >= 0.3 is 0 Å². The minimum atomic E-state index is 0.671. The van der Waals surface area contributed by atoms with E-state index in [-0.39, 0.29) is 0 Å². The SMILES string of the molecule is CC(C)CN1COc2ccc3ccccc3c2C1. The van der Waals surface area contributed by atoms with Crippen molar-refractivity contribution in [2.75, 3.05) is 13.3 Å². The third-order valence-corrected chi connectivity index (χ3v) is 3.41. The van der Waals surface area contributed by atoms with Crippen molar-refractivity contribution in [3.63, 3.8) is 0 Å². The standard InChI is InChI=1S/C16H19NO/c1-12(2)9-17-10-15-14-6-4-3-5-13(14)7-8-16(15)18-11-17/h3-8,12H,9-11H2,1-2H3. The van der Waals surface area contributed by atoms with E-state index in [0.29, 0.717) is 12.6 Å². The molecule has 0 radical (unpaired) electrons. The van der Waals surface area contributed by atoms with E-state index in [1.807, 2.05) is 0 Å². The molecule has 3 rings (SSSR count). The van der Waals surface area contributed by atoms with Crippen molar-refractivity contribution >= 4 is 10.8 Å². The monoisotopic (exact) mass is 241 g/mol. The van der Waals surface area contributed by atoms with Crippen LogP contribution in [0.4, 0.5) is 0 Å². The van der Waals surface area contributed by atoms with Crippen molar-refractivity contribution in [2.24, 2.45) is 5.92 Å². The van der Waals surface area contributed by atoms with Gasteiger partial charge in [0.1, 0.15) is 12.5 Å². The van der Waals surface area contributed by atoms with Gasteiger partial charge in [-0.3, -0.25) is 4.90 Å². The molecule has 2 aromatic carbocycles. The molecule has 0 saturated heterocycles. The predicted octanol–water partition coefficient (Wildman–Crippen LogP) is 3.65. The van der Waals surface area contributed by atoms with Gasteiger partial charge in [0, 0.05) is 18.7 Å². The maximum Gasteiger partial charge on any atom is 0.142 e. The molecular weight excluding hydrogens is 222 g/mol. The van der Waals surface area contributed by atoms with E-state index in [0.717, 1.165) is 18.8 Å². The van der Waals surface area contributed by atoms with Crippen LogP contribution in [0.25, 0.3) is 10.8 Å². The first kappa shape index (κ1) is 11.5. The summed E-state index contributed by atoms with van der Waals surface area (Å²) in [6.45, 7) is 7.29. The summed E-state index contributed by atoms with van der Waals surface area (Å²) in [5.41, 5.74) is 1.33. The third kappa shape index (κ3) is 2.08. The van der Waals surface area contributed by atoms with Gasteiger partial charge < -0.3 is 4.74 Å². The van der Waals surface area contributed by atoms with E-state index in [4.69, 9.17) is 4.74 Å². The fraction of sp³-hybridized carbons (Fsp3) is 0.375. The number of ether oxygens (including phenoxy) is 1. The smallest absolute Gasteiger partial charge is 0.142 e. The molecule has 0 aromatic heterocycles. The van der Waals surface area contributed by atoms with Crippen molar-refractivity contribution in [3.05, 3.63) is 42.0 Å². The Morgan fingerprint density at radius 2 is 2.00 bits per heavy atom. The number of benzene rings is 2. The molecule has 0 spiro atoms. The fourth-order valence-electron chi connectivity index (χ4n) is 2.68. The Balaban J connectivity index is 1.99. The van der Waals surface area contributed by atoms with Crippen LogP contribution in [-0.2, 0) is 6.54 Å². The summed E-state index contributed by atoms with van der Waals surface area (Å²) in [5, 5.41) is 2.62. The van der Waals surface area contributed by atoms with Gasteiger partial charge in [0.05, 0.1) is 0 Å². The number of nitrogens with zero attached hydrogens (tertiary/aromatic N) is 1. The summed E-state index contributed by atoms with van der Waals surface area (Å²) in [6.07, 6.45) is 0. The average molecular weight is 241 g/mol. The quantitative estimate of drug-likeness (QED) is 0.795. The van der Waals surface area contributed by atoms with E-state index < -0.39 is 0 Å². The minimum absolute atomic E-state index is 0.671. The lowest BCUT2D eigenvalue weighted by atomic mass is 10.0. The van der Waals surface area contributed by atoms with Gasteiger partial charge in [-0.2, -0.15) is 0 Å². The summed E-state index contributed by atoms with van der Waals surface area (Å²) in [5.74, 6) is 1.72. The van der Waals surface area contributed by atoms with Crippen molar-refractivity contribution in [3.8, 4) is 5.75 Å². The molecule has 1 aliphatic heterocycles. The highest BCUT2D eigenvalue weighted by Crippen LogP contribution is 2.32. The second kappa shape index (κ2) is 4.62. The zero-order valence-corrected chi connectivity index (χ0v) is 11.0. The Kier molecular flexibility index (Phi) is 2.96. The zero-order valence-electron chi connectivity index (χ0n) is 11.0. The Bertz CT molecular complexity index is 562. The molecule has 94 valence electrons. The number of fused-ring (bicyclic) bond motifs is 3. The highest BCUT2D eigenvalue weighted by atomic mass is 16.5. The first-order valence-corrected chi connectivity index (χ1v) is 6.60. The van der Waals surface area contributed by atoms with Gasteiger partial charge in [0.2, 0.25) is 0 Å². The molecule has 0 fully saturated rings. The number of hydrogen-bond donors (Lipinski definition) is 0. The molecule has 0 bridgehead atoms. The van der Waals surface area contributed by atoms with E-state index in [2.05, 4.69) is 55.1 Å². The Morgan fingerprint density at radius 1 is 1.17 bits per heavy atom. The van der Waals surface area contributed by atoms with Crippen LogP contribution in [0.2, 0.25) is 0 Å². The molecule has 2 heteroatoms. The molecule has 0 unspecified atom stereocenters. The summed E-state index contributed by atoms with van der Waals surface area (Å²) in [7, 11) is 0. The highest BCUT2D eigenvalue weighted by Gasteiger charge is 2.19. The van der Waals surface area contributed by atoms with Gasteiger partial charge in [-0.15, -0.1) is 0 Å². The van der Waals surface area contributed by atoms with Crippen LogP contribution in [0.15, 0.2) is 36.4 Å². The van der Waals surface area contributed by atoms with Crippen LogP contribution >= 0.6 is 0 Å². The number of rotatable bonds is 2. The second-order valence-electron chi connectivity index (χ2n) is 5.44. The van der Waals surface area contributed by atoms with Crippen LogP contribution in [0.1, 0.15) is 19.4 Å². The normalized spacial score (nSPS) is 15.7. The molecule has 0 aliphatic carbocycles. The maximum atomic E-state index is 5.87. The number of hydrogen-bond acceptors (Lipinski definition) is 2. The third-order valence-electron chi connectivity index (χ3n) is 3.41. The van der Waals surface area contributed by atoms with Crippen LogP contribution in [0, 0.1) is 5.92 Å². The first-order chi connectivity index (χ1) is 8.74. The van der Waals surface area contributed by atoms with Gasteiger partial charge in [0.15, 0.2) is 0 Å². The topological polar surface area (TPSA) is 12.5 Å². The van der Waals surface area contributed by atoms with Gasteiger partial charge in [-0.05, 0) is 22.8 Å². The molecule has 0 atom stereocenters. The van der Waals surface area contributed by atoms with E-state index in [9.17, 15) is 0 Å². The fourth-order valence-corrected chi connectivity index (χ4v) is 2.68. The Morgan fingerprint density at radius 3 is 2.83 bits per heavy atom. The summed E-state index contributed by atoms with van der Waals surface area (Å²) >= 11 is 0. The van der Waals surface area contributed by atoms with Crippen molar-refractivity contribution < 1.29 is 4.74 Å². The lowest BCUT2D eigenvalue weighted by molar-refractivity contribution is 0.0854. The summed E-state index contributed by atoms with van der Waals surface area (Å²) < 4.78 is 5.87. The molecule has 2 aromatic rings. The molecule has 1 heterocycles. The minimum Gasteiger partial charge on any atom is -0.478 e. The van der Waals surface area contributed by atoms with Crippen molar-refractivity contribution in [1.29, 1.82) is 0 Å². The van der Waals surface area contributed by atoms with Gasteiger partial charge in [-0.25, -0.2) is 0 Å². The zero-order chi connectivity index (χ0) is 12.5. The molecule has 1 aliphatic rings. The molecule has 2 nitrogen and oxygen atoms in total. The van der Waals surface area contributed by atoms with Crippen LogP contribution in [0.5, 0.6) is 5.75 Å². The van der Waals surface area contributed by atoms with Crippen LogP contribution in [0.3, 0.4) is 0 Å². The molecular formula is C16H19NO. The molecule has 0 saturated carbocycles. The maximum absolute atomic E-state index is 5.87. The molecule has 0 N–H and O–H groups in total. The van der Waals surface area contributed by atoms with Crippen LogP contribution < -0.4 is 4.74 Å². The molecule has 0 amide bonds. The highest BCUT2D eigenvalue weighted by molar-refractivity contribution is 5.87. The van der Waals surface area contributed by atoms with Gasteiger partial charge in [-0.1, -0.05) is 44.2 Å². The summed E-state index contributed by atoms with van der Waals surface area (Å²) in [4.78, 5) is 2.37. The van der Waals surface area contributed by atoms with Crippen LogP contribution in [-0.4, -0.2) is 18.2 Å². The Hall–Kier alpha value is -1.54. The van der Waals surface area contributed by atoms with Crippen molar-refractivity contribution in [1.82, 2.24) is 4.90 Å². The van der Waals surface area contributed by atoms with Gasteiger partial charge in [0.25, 0.3) is 0 Å². The predicted molar refractivity (Wildman–Crippen MR) is 74.7 cm³/mol. The average Bonchev–Trinajstić information content (AvgIpc) is 2.38. The summed E-state index contributed by atoms with van der Waals surface area (Å²) in [6, 6.07) is 12.8. The second-order valence-corrected chi connectivity index (χ2v) is 5.44. The Labute approximate surface area is 108 Å². The largest absolute Gasteiger partial charge is 0.478 e. The lowest BCUT2D eigenvalue weighted by Crippen LogP contribution is -2.34. The first-order valence-electron chi connectivity index (χ1n) is 6.60. The van der Waals surface area contributed by atoms with E-state index in [1.54, 1.807) is 0 Å².